The number of Topliss-reactive ketones (excluding diaryl/α,β-unsaturated/α-hetero) is 1. The second kappa shape index (κ2) is 7.44. The molecule has 0 N–H and O–H groups in total. The van der Waals surface area contributed by atoms with Gasteiger partial charge in [0.05, 0.1) is 13.2 Å². The molecular formula is C17H29NO4. The van der Waals surface area contributed by atoms with Crippen molar-refractivity contribution < 1.29 is 19.1 Å². The lowest BCUT2D eigenvalue weighted by Gasteiger charge is -2.37. The van der Waals surface area contributed by atoms with Crippen molar-refractivity contribution >= 4 is 11.9 Å². The summed E-state index contributed by atoms with van der Waals surface area (Å²) in [5.74, 6) is 0.228. The van der Waals surface area contributed by atoms with Crippen molar-refractivity contribution in [3.05, 3.63) is 0 Å². The number of ether oxygens (including phenoxy) is 2. The van der Waals surface area contributed by atoms with E-state index in [-0.39, 0.29) is 11.7 Å². The SMILES string of the molecule is CC(C)(C)OC(=O)N1CCOCC1C(=O)C1CCCCCC1. The third kappa shape index (κ3) is 4.70. The van der Waals surface area contributed by atoms with Gasteiger partial charge in [-0.25, -0.2) is 4.79 Å². The molecule has 0 aromatic heterocycles. The molecule has 0 bridgehead atoms. The molecule has 2 fully saturated rings. The number of amides is 1. The smallest absolute Gasteiger partial charge is 0.411 e. The lowest BCUT2D eigenvalue weighted by molar-refractivity contribution is -0.134. The second-order valence-electron chi connectivity index (χ2n) is 7.36. The fraction of sp³-hybridized carbons (Fsp3) is 0.882. The van der Waals surface area contributed by atoms with Crippen LogP contribution in [0.15, 0.2) is 0 Å². The first-order chi connectivity index (χ1) is 10.4. The largest absolute Gasteiger partial charge is 0.444 e. The fourth-order valence-corrected chi connectivity index (χ4v) is 3.21. The highest BCUT2D eigenvalue weighted by Gasteiger charge is 2.38. The minimum absolute atomic E-state index is 0.0686. The predicted molar refractivity (Wildman–Crippen MR) is 83.7 cm³/mol. The third-order valence-electron chi connectivity index (χ3n) is 4.34. The first-order valence-electron chi connectivity index (χ1n) is 8.49. The van der Waals surface area contributed by atoms with E-state index in [1.807, 2.05) is 20.8 Å². The van der Waals surface area contributed by atoms with Gasteiger partial charge in [0.2, 0.25) is 0 Å². The topological polar surface area (TPSA) is 55.8 Å². The molecule has 5 heteroatoms. The molecule has 22 heavy (non-hydrogen) atoms. The molecule has 0 aromatic carbocycles. The quantitative estimate of drug-likeness (QED) is 0.735. The highest BCUT2D eigenvalue weighted by atomic mass is 16.6. The summed E-state index contributed by atoms with van der Waals surface area (Å²) in [4.78, 5) is 26.8. The maximum Gasteiger partial charge on any atom is 0.411 e. The van der Waals surface area contributed by atoms with Gasteiger partial charge in [0, 0.05) is 12.5 Å². The highest BCUT2D eigenvalue weighted by molar-refractivity contribution is 5.89. The Hall–Kier alpha value is -1.10. The molecule has 0 radical (unpaired) electrons. The van der Waals surface area contributed by atoms with E-state index in [1.165, 1.54) is 12.8 Å². The normalized spacial score (nSPS) is 24.7. The Morgan fingerprint density at radius 2 is 1.73 bits per heavy atom. The van der Waals surface area contributed by atoms with Crippen LogP contribution in [0.25, 0.3) is 0 Å². The number of rotatable bonds is 2. The first-order valence-corrected chi connectivity index (χ1v) is 8.49. The van der Waals surface area contributed by atoms with Crippen molar-refractivity contribution in [3.63, 3.8) is 0 Å². The number of hydrogen-bond acceptors (Lipinski definition) is 4. The summed E-state index contributed by atoms with van der Waals surface area (Å²) < 4.78 is 10.9. The van der Waals surface area contributed by atoms with Crippen molar-refractivity contribution in [1.29, 1.82) is 0 Å². The van der Waals surface area contributed by atoms with E-state index in [0.29, 0.717) is 19.8 Å². The van der Waals surface area contributed by atoms with E-state index in [4.69, 9.17) is 9.47 Å². The van der Waals surface area contributed by atoms with E-state index in [9.17, 15) is 9.59 Å². The average Bonchev–Trinajstić information content (AvgIpc) is 2.74. The van der Waals surface area contributed by atoms with E-state index < -0.39 is 17.7 Å². The summed E-state index contributed by atoms with van der Waals surface area (Å²) in [5, 5.41) is 0. The Morgan fingerprint density at radius 1 is 1.09 bits per heavy atom. The summed E-state index contributed by atoms with van der Waals surface area (Å²) in [6.45, 7) is 6.72. The number of hydrogen-bond donors (Lipinski definition) is 0. The van der Waals surface area contributed by atoms with Crippen LogP contribution in [0.4, 0.5) is 4.79 Å². The Balaban J connectivity index is 2.04. The molecule has 0 aromatic rings. The van der Waals surface area contributed by atoms with Crippen LogP contribution in [0.2, 0.25) is 0 Å². The first kappa shape index (κ1) is 17.3. The molecule has 1 aliphatic carbocycles. The summed E-state index contributed by atoms with van der Waals surface area (Å²) in [7, 11) is 0. The lowest BCUT2D eigenvalue weighted by atomic mass is 9.90. The molecule has 126 valence electrons. The highest BCUT2D eigenvalue weighted by Crippen LogP contribution is 2.27. The average molecular weight is 311 g/mol. The number of carbonyl (C=O) groups excluding carboxylic acids is 2. The van der Waals surface area contributed by atoms with Gasteiger partial charge >= 0.3 is 6.09 Å². The molecule has 5 nitrogen and oxygen atoms in total. The molecule has 1 unspecified atom stereocenters. The van der Waals surface area contributed by atoms with Gasteiger partial charge in [0.25, 0.3) is 0 Å². The molecule has 1 atom stereocenters. The van der Waals surface area contributed by atoms with Crippen LogP contribution in [-0.4, -0.2) is 48.2 Å². The third-order valence-corrected chi connectivity index (χ3v) is 4.34. The van der Waals surface area contributed by atoms with Crippen LogP contribution in [0.3, 0.4) is 0 Å². The molecule has 1 amide bonds. The van der Waals surface area contributed by atoms with Gasteiger partial charge < -0.3 is 9.47 Å². The molecule has 1 saturated carbocycles. The van der Waals surface area contributed by atoms with E-state index in [2.05, 4.69) is 0 Å². The summed E-state index contributed by atoms with van der Waals surface area (Å²) >= 11 is 0. The van der Waals surface area contributed by atoms with Gasteiger partial charge in [-0.05, 0) is 33.6 Å². The number of morpholine rings is 1. The summed E-state index contributed by atoms with van der Waals surface area (Å²) in [6, 6.07) is -0.480. The van der Waals surface area contributed by atoms with Crippen LogP contribution in [0, 0.1) is 5.92 Å². The van der Waals surface area contributed by atoms with Gasteiger partial charge in [-0.2, -0.15) is 0 Å². The van der Waals surface area contributed by atoms with Crippen LogP contribution >= 0.6 is 0 Å². The Morgan fingerprint density at radius 3 is 2.32 bits per heavy atom. The van der Waals surface area contributed by atoms with E-state index >= 15 is 0 Å². The summed E-state index contributed by atoms with van der Waals surface area (Å²) in [6.07, 6.45) is 6.12. The van der Waals surface area contributed by atoms with Gasteiger partial charge in [-0.3, -0.25) is 9.69 Å². The maximum absolute atomic E-state index is 12.9. The standard InChI is InChI=1S/C17H29NO4/c1-17(2,3)22-16(20)18-10-11-21-12-14(18)15(19)13-8-6-4-5-7-9-13/h13-14H,4-12H2,1-3H3. The minimum atomic E-state index is -0.550. The van der Waals surface area contributed by atoms with Crippen LogP contribution in [-0.2, 0) is 14.3 Å². The van der Waals surface area contributed by atoms with Crippen molar-refractivity contribution in [2.24, 2.45) is 5.92 Å². The zero-order valence-electron chi connectivity index (χ0n) is 14.1. The lowest BCUT2D eigenvalue weighted by Crippen LogP contribution is -2.55. The van der Waals surface area contributed by atoms with Crippen molar-refractivity contribution in [2.75, 3.05) is 19.8 Å². The van der Waals surface area contributed by atoms with Gasteiger partial charge in [0.1, 0.15) is 11.6 Å². The van der Waals surface area contributed by atoms with E-state index in [0.717, 1.165) is 25.7 Å². The van der Waals surface area contributed by atoms with Crippen molar-refractivity contribution in [3.8, 4) is 0 Å². The van der Waals surface area contributed by atoms with Crippen LogP contribution in [0.1, 0.15) is 59.3 Å². The Kier molecular flexibility index (Phi) is 5.84. The molecule has 0 spiro atoms. The summed E-state index contributed by atoms with van der Waals surface area (Å²) in [5.41, 5.74) is -0.550. The molecular weight excluding hydrogens is 282 g/mol. The molecule has 1 saturated heterocycles. The number of carbonyl (C=O) groups is 2. The maximum atomic E-state index is 12.9. The molecule has 1 heterocycles. The van der Waals surface area contributed by atoms with Gasteiger partial charge in [0.15, 0.2) is 5.78 Å². The Bertz CT molecular complexity index is 394. The number of ketones is 1. The number of nitrogens with zero attached hydrogens (tertiary/aromatic N) is 1. The van der Waals surface area contributed by atoms with Crippen molar-refractivity contribution in [2.45, 2.75) is 70.9 Å². The molecule has 2 rings (SSSR count). The van der Waals surface area contributed by atoms with E-state index in [1.54, 1.807) is 4.90 Å². The predicted octanol–water partition coefficient (Wildman–Crippen LogP) is 3.16. The van der Waals surface area contributed by atoms with Gasteiger partial charge in [-0.1, -0.05) is 25.7 Å². The Labute approximate surface area is 133 Å². The zero-order valence-corrected chi connectivity index (χ0v) is 14.1. The van der Waals surface area contributed by atoms with Crippen molar-refractivity contribution in [1.82, 2.24) is 4.90 Å². The van der Waals surface area contributed by atoms with Crippen LogP contribution < -0.4 is 0 Å². The zero-order chi connectivity index (χ0) is 16.2. The van der Waals surface area contributed by atoms with Gasteiger partial charge in [-0.15, -0.1) is 0 Å². The second-order valence-corrected chi connectivity index (χ2v) is 7.36. The monoisotopic (exact) mass is 311 g/mol. The minimum Gasteiger partial charge on any atom is -0.444 e. The van der Waals surface area contributed by atoms with Crippen LogP contribution in [0.5, 0.6) is 0 Å². The molecule has 2 aliphatic rings. The molecule has 1 aliphatic heterocycles. The fourth-order valence-electron chi connectivity index (χ4n) is 3.21.